The number of aliphatic hydroxyl groups is 1. The first-order valence-electron chi connectivity index (χ1n) is 9.03. The molecular weight excluding hydrogens is 334 g/mol. The highest BCUT2D eigenvalue weighted by Crippen LogP contribution is 2.12. The first kappa shape index (κ1) is 21.9. The Morgan fingerprint density at radius 3 is 2.42 bits per heavy atom. The molecule has 0 spiro atoms. The lowest BCUT2D eigenvalue weighted by Gasteiger charge is -2.39. The van der Waals surface area contributed by atoms with Crippen molar-refractivity contribution in [3.05, 3.63) is 29.8 Å². The zero-order chi connectivity index (χ0) is 19.5. The maximum absolute atomic E-state index is 12.1. The van der Waals surface area contributed by atoms with Gasteiger partial charge in [0.1, 0.15) is 5.75 Å². The molecule has 0 aliphatic carbocycles. The monoisotopic (exact) mass is 365 g/mol. The van der Waals surface area contributed by atoms with Gasteiger partial charge in [-0.15, -0.1) is 0 Å². The summed E-state index contributed by atoms with van der Waals surface area (Å²) in [6.45, 7) is 7.73. The van der Waals surface area contributed by atoms with Crippen LogP contribution in [0.15, 0.2) is 24.3 Å². The van der Waals surface area contributed by atoms with E-state index >= 15 is 0 Å². The van der Waals surface area contributed by atoms with Gasteiger partial charge < -0.3 is 20.1 Å². The fraction of sp³-hybridized carbons (Fsp3) is 0.579. The van der Waals surface area contributed by atoms with Gasteiger partial charge in [-0.1, -0.05) is 26.0 Å². The van der Waals surface area contributed by atoms with E-state index in [1.807, 2.05) is 43.0 Å². The van der Waals surface area contributed by atoms with E-state index in [1.165, 1.54) is 6.92 Å². The van der Waals surface area contributed by atoms with Gasteiger partial charge in [0.2, 0.25) is 11.8 Å². The Labute approximate surface area is 155 Å². The maximum atomic E-state index is 12.1. The minimum absolute atomic E-state index is 0.00272. The van der Waals surface area contributed by atoms with E-state index in [4.69, 9.17) is 4.74 Å². The first-order valence-corrected chi connectivity index (χ1v) is 9.03. The maximum Gasteiger partial charge on any atom is 0.234 e. The molecule has 7 nitrogen and oxygen atoms in total. The van der Waals surface area contributed by atoms with Crippen LogP contribution in [0.5, 0.6) is 5.75 Å². The van der Waals surface area contributed by atoms with Crippen LogP contribution < -0.4 is 10.1 Å². The van der Waals surface area contributed by atoms with Crippen LogP contribution in [-0.4, -0.2) is 72.7 Å². The van der Waals surface area contributed by atoms with E-state index in [-0.39, 0.29) is 31.0 Å². The number of nitrogens with one attached hydrogen (secondary N) is 1. The highest BCUT2D eigenvalue weighted by atomic mass is 16.5. The van der Waals surface area contributed by atoms with Crippen molar-refractivity contribution in [2.24, 2.45) is 0 Å². The second kappa shape index (κ2) is 11.5. The molecule has 0 aromatic heterocycles. The van der Waals surface area contributed by atoms with Crippen molar-refractivity contribution >= 4 is 11.8 Å². The summed E-state index contributed by atoms with van der Waals surface area (Å²) in [6.07, 6.45) is 0. The zero-order valence-corrected chi connectivity index (χ0v) is 16.2. The average molecular weight is 365 g/mol. The van der Waals surface area contributed by atoms with Crippen LogP contribution in [0, 0.1) is 0 Å². The zero-order valence-electron chi connectivity index (χ0n) is 16.2. The predicted octanol–water partition coefficient (Wildman–Crippen LogP) is 0.863. The minimum Gasteiger partial charge on any atom is -0.497 e. The fourth-order valence-electron chi connectivity index (χ4n) is 2.74. The van der Waals surface area contributed by atoms with Gasteiger partial charge >= 0.3 is 0 Å². The second-order valence-corrected chi connectivity index (χ2v) is 5.90. The largest absolute Gasteiger partial charge is 0.497 e. The normalized spacial score (nSPS) is 17.1. The number of hydrogen-bond acceptors (Lipinski definition) is 5. The number of amides is 2. The second-order valence-electron chi connectivity index (χ2n) is 5.90. The summed E-state index contributed by atoms with van der Waals surface area (Å²) in [7, 11) is 1.61. The first-order chi connectivity index (χ1) is 12.5. The molecule has 1 aromatic rings. The Bertz CT molecular complexity index is 562. The van der Waals surface area contributed by atoms with E-state index in [0.717, 1.165) is 11.3 Å². The lowest BCUT2D eigenvalue weighted by Crippen LogP contribution is -2.57. The molecule has 2 N–H and O–H groups in total. The number of methoxy groups -OCH3 is 1. The molecule has 1 aromatic carbocycles. The van der Waals surface area contributed by atoms with E-state index in [2.05, 4.69) is 5.32 Å². The molecule has 0 saturated carbocycles. The number of nitrogens with zero attached hydrogens (tertiary/aromatic N) is 2. The summed E-state index contributed by atoms with van der Waals surface area (Å²) < 4.78 is 5.10. The lowest BCUT2D eigenvalue weighted by atomic mass is 10.1. The van der Waals surface area contributed by atoms with Gasteiger partial charge in [0.05, 0.1) is 26.3 Å². The molecule has 0 bridgehead atoms. The van der Waals surface area contributed by atoms with Crippen LogP contribution in [0.2, 0.25) is 0 Å². The number of carbonyl (C=O) groups excluding carboxylic acids is 2. The predicted molar refractivity (Wildman–Crippen MR) is 101 cm³/mol. The molecule has 1 aliphatic rings. The number of benzene rings is 1. The van der Waals surface area contributed by atoms with Crippen LogP contribution >= 0.6 is 0 Å². The lowest BCUT2D eigenvalue weighted by molar-refractivity contribution is -0.133. The summed E-state index contributed by atoms with van der Waals surface area (Å²) >= 11 is 0. The number of hydrogen-bond donors (Lipinski definition) is 2. The molecule has 1 saturated heterocycles. The summed E-state index contributed by atoms with van der Waals surface area (Å²) in [5.41, 5.74) is 0.990. The highest BCUT2D eigenvalue weighted by molar-refractivity contribution is 5.78. The molecule has 26 heavy (non-hydrogen) atoms. The van der Waals surface area contributed by atoms with Crippen molar-refractivity contribution in [2.45, 2.75) is 33.4 Å². The number of carbonyl (C=O) groups is 2. The third-order valence-corrected chi connectivity index (χ3v) is 4.26. The van der Waals surface area contributed by atoms with Gasteiger partial charge in [-0.2, -0.15) is 0 Å². The fourth-order valence-corrected chi connectivity index (χ4v) is 2.74. The Morgan fingerprint density at radius 2 is 1.88 bits per heavy atom. The summed E-state index contributed by atoms with van der Waals surface area (Å²) in [5.74, 6) is 0.678. The smallest absolute Gasteiger partial charge is 0.234 e. The van der Waals surface area contributed by atoms with Crippen molar-refractivity contribution in [1.29, 1.82) is 0 Å². The third kappa shape index (κ3) is 6.65. The SMILES string of the molecule is CC.COc1ccc(CNC(=O)CN2CCN(C(C)=O)CC2CO)cc1. The van der Waals surface area contributed by atoms with E-state index in [1.54, 1.807) is 12.0 Å². The molecular formula is C19H31N3O4. The average Bonchev–Trinajstić information content (AvgIpc) is 2.68. The Kier molecular flexibility index (Phi) is 9.69. The summed E-state index contributed by atoms with van der Waals surface area (Å²) in [4.78, 5) is 27.2. The molecule has 7 heteroatoms. The van der Waals surface area contributed by atoms with Crippen LogP contribution in [0.25, 0.3) is 0 Å². The van der Waals surface area contributed by atoms with Crippen LogP contribution in [-0.2, 0) is 16.1 Å². The molecule has 1 atom stereocenters. The van der Waals surface area contributed by atoms with Gasteiger partial charge in [0.25, 0.3) is 0 Å². The number of piperazine rings is 1. The Hall–Kier alpha value is -2.12. The van der Waals surface area contributed by atoms with Crippen molar-refractivity contribution in [2.75, 3.05) is 39.9 Å². The van der Waals surface area contributed by atoms with Gasteiger partial charge in [0, 0.05) is 33.1 Å². The van der Waals surface area contributed by atoms with Crippen molar-refractivity contribution in [1.82, 2.24) is 15.1 Å². The van der Waals surface area contributed by atoms with Crippen molar-refractivity contribution in [3.63, 3.8) is 0 Å². The van der Waals surface area contributed by atoms with Crippen LogP contribution in [0.4, 0.5) is 0 Å². The number of ether oxygens (including phenoxy) is 1. The van der Waals surface area contributed by atoms with Crippen LogP contribution in [0.3, 0.4) is 0 Å². The van der Waals surface area contributed by atoms with Gasteiger partial charge in [-0.25, -0.2) is 0 Å². The van der Waals surface area contributed by atoms with Crippen molar-refractivity contribution < 1.29 is 19.4 Å². The van der Waals surface area contributed by atoms with Crippen molar-refractivity contribution in [3.8, 4) is 5.75 Å². The Morgan fingerprint density at radius 1 is 1.23 bits per heavy atom. The topological polar surface area (TPSA) is 82.1 Å². The molecule has 1 heterocycles. The van der Waals surface area contributed by atoms with Gasteiger partial charge in [-0.3, -0.25) is 14.5 Å². The van der Waals surface area contributed by atoms with E-state index in [9.17, 15) is 14.7 Å². The molecule has 146 valence electrons. The number of rotatable bonds is 6. The molecule has 1 fully saturated rings. The minimum atomic E-state index is -0.200. The number of aliphatic hydroxyl groups excluding tert-OH is 1. The van der Waals surface area contributed by atoms with Gasteiger partial charge in [-0.05, 0) is 17.7 Å². The molecule has 1 aliphatic heterocycles. The molecule has 0 radical (unpaired) electrons. The molecule has 2 rings (SSSR count). The quantitative estimate of drug-likeness (QED) is 0.781. The third-order valence-electron chi connectivity index (χ3n) is 4.26. The van der Waals surface area contributed by atoms with E-state index < -0.39 is 0 Å². The standard InChI is InChI=1S/C17H25N3O4.C2H6/c1-13(22)19-7-8-20(15(10-19)12-21)11-17(23)18-9-14-3-5-16(24-2)6-4-14;1-2/h3-6,15,21H,7-12H2,1-2H3,(H,18,23);1-2H3. The van der Waals surface area contributed by atoms with E-state index in [0.29, 0.717) is 26.2 Å². The molecule has 2 amide bonds. The summed E-state index contributed by atoms with van der Waals surface area (Å²) in [6, 6.07) is 7.31. The molecule has 1 unspecified atom stereocenters. The Balaban J connectivity index is 0.00000163. The highest BCUT2D eigenvalue weighted by Gasteiger charge is 2.28. The summed E-state index contributed by atoms with van der Waals surface area (Å²) in [5, 5.41) is 12.4. The van der Waals surface area contributed by atoms with Gasteiger partial charge in [0.15, 0.2) is 0 Å². The van der Waals surface area contributed by atoms with Crippen LogP contribution in [0.1, 0.15) is 26.3 Å².